The van der Waals surface area contributed by atoms with E-state index in [9.17, 15) is 22.5 Å². The fraction of sp³-hybridized carbons (Fsp3) is 0.222. The number of hydrogen-bond acceptors (Lipinski definition) is 2. The molecule has 0 aliphatic carbocycles. The van der Waals surface area contributed by atoms with Crippen molar-refractivity contribution in [3.63, 3.8) is 0 Å². The molecule has 3 nitrogen and oxygen atoms in total. The van der Waals surface area contributed by atoms with Crippen LogP contribution < -0.4 is 4.90 Å². The number of hydrogen-bond donors (Lipinski definition) is 0. The van der Waals surface area contributed by atoms with Crippen molar-refractivity contribution >= 4 is 11.8 Å². The molecular formula is C9H7F4NO2. The van der Waals surface area contributed by atoms with E-state index in [1.807, 2.05) is 0 Å². The van der Waals surface area contributed by atoms with Gasteiger partial charge in [0.05, 0.1) is 0 Å². The molecule has 0 atom stereocenters. The van der Waals surface area contributed by atoms with E-state index in [1.54, 1.807) is 6.07 Å². The van der Waals surface area contributed by atoms with Crippen LogP contribution in [0.15, 0.2) is 30.3 Å². The number of rotatable bonds is 2. The Hall–Kier alpha value is -1.79. The summed E-state index contributed by atoms with van der Waals surface area (Å²) >= 11 is 0. The van der Waals surface area contributed by atoms with Crippen molar-refractivity contribution in [2.24, 2.45) is 0 Å². The first-order valence-corrected chi connectivity index (χ1v) is 4.16. The van der Waals surface area contributed by atoms with Crippen LogP contribution in [0.1, 0.15) is 0 Å². The molecule has 0 heterocycles. The van der Waals surface area contributed by atoms with Gasteiger partial charge in [-0.15, -0.1) is 0 Å². The Kier molecular flexibility index (Phi) is 3.70. The van der Waals surface area contributed by atoms with Crippen LogP contribution in [0.2, 0.25) is 0 Å². The highest BCUT2D eigenvalue weighted by Crippen LogP contribution is 2.22. The Labute approximate surface area is 88.1 Å². The second-order valence-corrected chi connectivity index (χ2v) is 2.88. The molecule has 1 amide bonds. The summed E-state index contributed by atoms with van der Waals surface area (Å²) in [5.74, 6) is 0. The minimum atomic E-state index is -4.63. The topological polar surface area (TPSA) is 29.5 Å². The summed E-state index contributed by atoms with van der Waals surface area (Å²) in [6.07, 6.45) is -6.34. The number of amides is 1. The Morgan fingerprint density at radius 2 is 1.81 bits per heavy atom. The summed E-state index contributed by atoms with van der Waals surface area (Å²) in [6, 6.07) is 6.87. The largest absolute Gasteiger partial charge is 0.452 e. The van der Waals surface area contributed by atoms with Crippen LogP contribution in [-0.4, -0.2) is 18.8 Å². The van der Waals surface area contributed by atoms with Gasteiger partial charge in [0.2, 0.25) is 0 Å². The van der Waals surface area contributed by atoms with Crippen LogP contribution >= 0.6 is 0 Å². The third-order valence-corrected chi connectivity index (χ3v) is 1.69. The van der Waals surface area contributed by atoms with Crippen LogP contribution in [-0.2, 0) is 4.94 Å². The summed E-state index contributed by atoms with van der Waals surface area (Å²) in [5.41, 5.74) is -0.0949. The molecule has 7 heteroatoms. The number of nitrogens with zero attached hydrogens (tertiary/aromatic N) is 1. The van der Waals surface area contributed by atoms with E-state index in [1.165, 1.54) is 24.3 Å². The van der Waals surface area contributed by atoms with E-state index in [4.69, 9.17) is 0 Å². The lowest BCUT2D eigenvalue weighted by Crippen LogP contribution is -2.38. The fourth-order valence-corrected chi connectivity index (χ4v) is 1.09. The summed E-state index contributed by atoms with van der Waals surface area (Å²) in [5, 5.41) is 0. The summed E-state index contributed by atoms with van der Waals surface area (Å²) < 4.78 is 48.0. The summed E-state index contributed by atoms with van der Waals surface area (Å²) in [4.78, 5) is 13.8. The highest BCUT2D eigenvalue weighted by molar-refractivity contribution is 5.87. The SMILES string of the molecule is O=C(OF)N(CC(F)(F)F)c1ccccc1. The molecule has 0 aromatic heterocycles. The first-order chi connectivity index (χ1) is 7.44. The molecule has 0 aliphatic rings. The van der Waals surface area contributed by atoms with Gasteiger partial charge in [-0.3, -0.25) is 4.90 Å². The highest BCUT2D eigenvalue weighted by atomic mass is 19.4. The normalized spacial score (nSPS) is 11.0. The van der Waals surface area contributed by atoms with E-state index >= 15 is 0 Å². The van der Waals surface area contributed by atoms with Crippen molar-refractivity contribution < 1.29 is 27.4 Å². The van der Waals surface area contributed by atoms with Gasteiger partial charge in [0, 0.05) is 10.2 Å². The molecule has 0 fully saturated rings. The van der Waals surface area contributed by atoms with Gasteiger partial charge >= 0.3 is 12.3 Å². The van der Waals surface area contributed by atoms with Crippen LogP contribution in [0.25, 0.3) is 0 Å². The maximum atomic E-state index is 12.1. The zero-order valence-corrected chi connectivity index (χ0v) is 7.87. The quantitative estimate of drug-likeness (QED) is 0.740. The van der Waals surface area contributed by atoms with Gasteiger partial charge < -0.3 is 0 Å². The Morgan fingerprint density at radius 1 is 1.25 bits per heavy atom. The molecule has 0 radical (unpaired) electrons. The van der Waals surface area contributed by atoms with Crippen molar-refractivity contribution in [3.05, 3.63) is 30.3 Å². The third kappa shape index (κ3) is 3.41. The summed E-state index contributed by atoms with van der Waals surface area (Å²) in [6.45, 7) is -1.61. The van der Waals surface area contributed by atoms with Gasteiger partial charge in [-0.25, -0.2) is 9.74 Å². The Morgan fingerprint density at radius 3 is 2.25 bits per heavy atom. The molecule has 16 heavy (non-hydrogen) atoms. The Balaban J connectivity index is 2.93. The van der Waals surface area contributed by atoms with Crippen LogP contribution in [0.4, 0.5) is 28.2 Å². The number of alkyl halides is 3. The van der Waals surface area contributed by atoms with Crippen molar-refractivity contribution in [2.45, 2.75) is 6.18 Å². The minimum absolute atomic E-state index is 0.0949. The fourth-order valence-electron chi connectivity index (χ4n) is 1.09. The molecule has 1 rings (SSSR count). The highest BCUT2D eigenvalue weighted by Gasteiger charge is 2.34. The van der Waals surface area contributed by atoms with Crippen LogP contribution in [0.3, 0.4) is 0 Å². The van der Waals surface area contributed by atoms with Gasteiger partial charge in [-0.2, -0.15) is 13.2 Å². The third-order valence-electron chi connectivity index (χ3n) is 1.69. The molecule has 0 saturated carbocycles. The van der Waals surface area contributed by atoms with Gasteiger partial charge in [0.1, 0.15) is 6.54 Å². The summed E-state index contributed by atoms with van der Waals surface area (Å²) in [7, 11) is 0. The van der Waals surface area contributed by atoms with Crippen molar-refractivity contribution in [3.8, 4) is 0 Å². The van der Waals surface area contributed by atoms with Crippen molar-refractivity contribution in [1.29, 1.82) is 0 Å². The number of carbonyl (C=O) groups excluding carboxylic acids is 1. The molecule has 88 valence electrons. The number of para-hydroxylation sites is 1. The van der Waals surface area contributed by atoms with E-state index in [0.717, 1.165) is 0 Å². The number of anilines is 1. The van der Waals surface area contributed by atoms with E-state index in [-0.39, 0.29) is 10.6 Å². The van der Waals surface area contributed by atoms with Gasteiger partial charge in [-0.1, -0.05) is 18.2 Å². The first kappa shape index (κ1) is 12.3. The molecule has 0 unspecified atom stereocenters. The van der Waals surface area contributed by atoms with Crippen LogP contribution in [0.5, 0.6) is 0 Å². The van der Waals surface area contributed by atoms with Crippen molar-refractivity contribution in [1.82, 2.24) is 0 Å². The zero-order chi connectivity index (χ0) is 12.2. The smallest absolute Gasteiger partial charge is 0.266 e. The number of halogens is 4. The van der Waals surface area contributed by atoms with E-state index < -0.39 is 18.8 Å². The lowest BCUT2D eigenvalue weighted by Gasteiger charge is -2.20. The maximum absolute atomic E-state index is 12.1. The lowest BCUT2D eigenvalue weighted by molar-refractivity contribution is -0.122. The zero-order valence-electron chi connectivity index (χ0n) is 7.87. The second kappa shape index (κ2) is 4.82. The average Bonchev–Trinajstić information content (AvgIpc) is 2.25. The molecule has 0 spiro atoms. The molecule has 1 aromatic carbocycles. The van der Waals surface area contributed by atoms with E-state index in [0.29, 0.717) is 0 Å². The molecule has 0 saturated heterocycles. The number of benzene rings is 1. The van der Waals surface area contributed by atoms with Gasteiger partial charge in [0.25, 0.3) is 0 Å². The molecule has 1 aromatic rings. The molecule has 0 N–H and O–H groups in total. The predicted molar refractivity (Wildman–Crippen MR) is 47.4 cm³/mol. The predicted octanol–water partition coefficient (Wildman–Crippen LogP) is 3.08. The van der Waals surface area contributed by atoms with Crippen molar-refractivity contribution in [2.75, 3.05) is 11.4 Å². The molecule has 0 aliphatic heterocycles. The first-order valence-electron chi connectivity index (χ1n) is 4.16. The number of carbonyl (C=O) groups is 1. The monoisotopic (exact) mass is 237 g/mol. The lowest BCUT2D eigenvalue weighted by atomic mass is 10.3. The Bertz CT molecular complexity index is 352. The maximum Gasteiger partial charge on any atom is 0.452 e. The standard InChI is InChI=1S/C9H7F4NO2/c10-9(11,12)6-14(8(15)16-13)7-4-2-1-3-5-7/h1-5H,6H2. The molecular weight excluding hydrogens is 230 g/mol. The average molecular weight is 237 g/mol. The van der Waals surface area contributed by atoms with Crippen LogP contribution in [0, 0.1) is 0 Å². The molecule has 0 bridgehead atoms. The van der Waals surface area contributed by atoms with Gasteiger partial charge in [0.15, 0.2) is 0 Å². The minimum Gasteiger partial charge on any atom is -0.266 e. The second-order valence-electron chi connectivity index (χ2n) is 2.88. The van der Waals surface area contributed by atoms with Gasteiger partial charge in [-0.05, 0) is 12.1 Å². The van der Waals surface area contributed by atoms with E-state index in [2.05, 4.69) is 4.94 Å².